The lowest BCUT2D eigenvalue weighted by Gasteiger charge is -2.26. The number of nitrogens with two attached hydrogens (primary N) is 1. The maximum Gasteiger partial charge on any atom is 0.225 e. The van der Waals surface area contributed by atoms with Gasteiger partial charge in [0, 0.05) is 0 Å². The van der Waals surface area contributed by atoms with Crippen LogP contribution < -0.4 is 5.73 Å². The Balaban J connectivity index is 1.75. The van der Waals surface area contributed by atoms with Gasteiger partial charge in [0.1, 0.15) is 0 Å². The summed E-state index contributed by atoms with van der Waals surface area (Å²) in [6.45, 7) is 4.18. The molecule has 27 heavy (non-hydrogen) atoms. The molecule has 0 fully saturated rings. The molecule has 5 rings (SSSR count). The summed E-state index contributed by atoms with van der Waals surface area (Å²) in [6.07, 6.45) is 3.33. The highest BCUT2D eigenvalue weighted by atomic mass is 16.3. The molecule has 5 aromatic rings. The SMILES string of the molecule is CC(C)(c1ccccc1)n1ncc2c1nc(N)n1nc(-c3ccco3)nc21. The van der Waals surface area contributed by atoms with Crippen molar-refractivity contribution in [3.05, 3.63) is 60.5 Å². The lowest BCUT2D eigenvalue weighted by atomic mass is 9.94. The first-order valence-electron chi connectivity index (χ1n) is 8.55. The number of hydrogen-bond acceptors (Lipinski definition) is 6. The van der Waals surface area contributed by atoms with Gasteiger partial charge in [-0.15, -0.1) is 5.10 Å². The first kappa shape index (κ1) is 15.6. The van der Waals surface area contributed by atoms with Crippen LogP contribution >= 0.6 is 0 Å². The summed E-state index contributed by atoms with van der Waals surface area (Å²) in [5.41, 5.74) is 8.14. The van der Waals surface area contributed by atoms with Crippen molar-refractivity contribution in [3.8, 4) is 11.6 Å². The normalized spacial score (nSPS) is 12.2. The largest absolute Gasteiger partial charge is 0.461 e. The predicted octanol–water partition coefficient (Wildman–Crippen LogP) is 3.10. The number of anilines is 1. The van der Waals surface area contributed by atoms with Gasteiger partial charge in [-0.25, -0.2) is 9.67 Å². The van der Waals surface area contributed by atoms with Crippen LogP contribution in [-0.2, 0) is 5.54 Å². The van der Waals surface area contributed by atoms with Crippen molar-refractivity contribution in [1.29, 1.82) is 0 Å². The van der Waals surface area contributed by atoms with Gasteiger partial charge in [0.2, 0.25) is 11.8 Å². The topological polar surface area (TPSA) is 100 Å². The molecule has 4 heterocycles. The molecule has 0 bridgehead atoms. The fourth-order valence-electron chi connectivity index (χ4n) is 3.30. The first-order valence-corrected chi connectivity index (χ1v) is 8.55. The van der Waals surface area contributed by atoms with Gasteiger partial charge >= 0.3 is 0 Å². The maximum atomic E-state index is 6.18. The van der Waals surface area contributed by atoms with E-state index >= 15 is 0 Å². The second-order valence-electron chi connectivity index (χ2n) is 6.84. The molecule has 4 aromatic heterocycles. The van der Waals surface area contributed by atoms with Crippen LogP contribution in [0.1, 0.15) is 19.4 Å². The maximum absolute atomic E-state index is 6.18. The number of nitrogen functional groups attached to an aromatic ring is 1. The summed E-state index contributed by atoms with van der Waals surface area (Å²) in [4.78, 5) is 9.16. The fraction of sp³-hybridized carbons (Fsp3) is 0.158. The van der Waals surface area contributed by atoms with E-state index in [1.54, 1.807) is 24.6 Å². The van der Waals surface area contributed by atoms with Crippen molar-refractivity contribution < 1.29 is 4.42 Å². The van der Waals surface area contributed by atoms with E-state index in [2.05, 4.69) is 46.1 Å². The van der Waals surface area contributed by atoms with Crippen LogP contribution in [0, 0.1) is 0 Å². The number of furan rings is 1. The molecule has 1 aromatic carbocycles. The zero-order valence-electron chi connectivity index (χ0n) is 14.9. The van der Waals surface area contributed by atoms with Crippen LogP contribution in [0.3, 0.4) is 0 Å². The highest BCUT2D eigenvalue weighted by Crippen LogP contribution is 2.30. The third-order valence-corrected chi connectivity index (χ3v) is 4.78. The quantitative estimate of drug-likeness (QED) is 0.531. The Labute approximate surface area is 154 Å². The van der Waals surface area contributed by atoms with E-state index in [4.69, 9.17) is 10.2 Å². The second kappa shape index (κ2) is 5.41. The number of rotatable bonds is 3. The third kappa shape index (κ3) is 2.23. The highest BCUT2D eigenvalue weighted by molar-refractivity contribution is 5.90. The molecule has 0 saturated heterocycles. The van der Waals surface area contributed by atoms with Gasteiger partial charge in [-0.05, 0) is 31.5 Å². The molecule has 8 nitrogen and oxygen atoms in total. The van der Waals surface area contributed by atoms with E-state index in [-0.39, 0.29) is 5.95 Å². The van der Waals surface area contributed by atoms with E-state index in [0.717, 1.165) is 10.9 Å². The van der Waals surface area contributed by atoms with Gasteiger partial charge in [-0.2, -0.15) is 14.6 Å². The van der Waals surface area contributed by atoms with E-state index in [1.165, 1.54) is 4.52 Å². The summed E-state index contributed by atoms with van der Waals surface area (Å²) in [6, 6.07) is 13.7. The van der Waals surface area contributed by atoms with Crippen LogP contribution in [0.15, 0.2) is 59.3 Å². The molecule has 134 valence electrons. The second-order valence-corrected chi connectivity index (χ2v) is 6.84. The van der Waals surface area contributed by atoms with E-state index in [0.29, 0.717) is 22.9 Å². The summed E-state index contributed by atoms with van der Waals surface area (Å²) < 4.78 is 8.78. The Kier molecular flexibility index (Phi) is 3.12. The van der Waals surface area contributed by atoms with Gasteiger partial charge in [-0.1, -0.05) is 30.3 Å². The molecule has 0 saturated carbocycles. The van der Waals surface area contributed by atoms with Crippen LogP contribution in [0.2, 0.25) is 0 Å². The van der Waals surface area contributed by atoms with Gasteiger partial charge < -0.3 is 10.2 Å². The first-order chi connectivity index (χ1) is 13.1. The Bertz CT molecular complexity index is 1250. The predicted molar refractivity (Wildman–Crippen MR) is 101 cm³/mol. The minimum Gasteiger partial charge on any atom is -0.461 e. The van der Waals surface area contributed by atoms with Crippen LogP contribution in [-0.4, -0.2) is 29.4 Å². The van der Waals surface area contributed by atoms with E-state index in [1.807, 2.05) is 22.9 Å². The number of aromatic nitrogens is 6. The molecule has 0 aliphatic heterocycles. The lowest BCUT2D eigenvalue weighted by molar-refractivity contribution is 0.401. The Morgan fingerprint density at radius 2 is 1.81 bits per heavy atom. The molecule has 0 unspecified atom stereocenters. The zero-order chi connectivity index (χ0) is 18.6. The Hall–Kier alpha value is -3.68. The average molecular weight is 359 g/mol. The Morgan fingerprint density at radius 1 is 1.00 bits per heavy atom. The monoisotopic (exact) mass is 359 g/mol. The van der Waals surface area contributed by atoms with Crippen molar-refractivity contribution in [2.75, 3.05) is 5.73 Å². The summed E-state index contributed by atoms with van der Waals surface area (Å²) in [7, 11) is 0. The molecular weight excluding hydrogens is 342 g/mol. The van der Waals surface area contributed by atoms with Gasteiger partial charge in [0.25, 0.3) is 0 Å². The van der Waals surface area contributed by atoms with Gasteiger partial charge in [0.15, 0.2) is 17.1 Å². The van der Waals surface area contributed by atoms with Crippen molar-refractivity contribution >= 4 is 22.6 Å². The summed E-state index contributed by atoms with van der Waals surface area (Å²) >= 11 is 0. The van der Waals surface area contributed by atoms with Crippen LogP contribution in [0.5, 0.6) is 0 Å². The summed E-state index contributed by atoms with van der Waals surface area (Å²) in [5.74, 6) is 1.27. The van der Waals surface area contributed by atoms with E-state index < -0.39 is 5.54 Å². The smallest absolute Gasteiger partial charge is 0.225 e. The minimum atomic E-state index is -0.412. The number of hydrogen-bond donors (Lipinski definition) is 1. The molecular formula is C19H17N7O. The third-order valence-electron chi connectivity index (χ3n) is 4.78. The van der Waals surface area contributed by atoms with Crippen molar-refractivity contribution in [2.45, 2.75) is 19.4 Å². The Morgan fingerprint density at radius 3 is 2.56 bits per heavy atom. The molecule has 0 aliphatic carbocycles. The molecule has 8 heteroatoms. The fourth-order valence-corrected chi connectivity index (χ4v) is 3.30. The number of nitrogens with zero attached hydrogens (tertiary/aromatic N) is 6. The van der Waals surface area contributed by atoms with Crippen LogP contribution in [0.4, 0.5) is 5.95 Å². The molecule has 0 aliphatic rings. The zero-order valence-corrected chi connectivity index (χ0v) is 14.9. The minimum absolute atomic E-state index is 0.244. The summed E-state index contributed by atoms with van der Waals surface area (Å²) in [5, 5.41) is 9.80. The molecule has 2 N–H and O–H groups in total. The number of fused-ring (bicyclic) bond motifs is 3. The van der Waals surface area contributed by atoms with Gasteiger partial charge in [0.05, 0.1) is 23.4 Å². The van der Waals surface area contributed by atoms with Crippen molar-refractivity contribution in [1.82, 2.24) is 29.4 Å². The standard InChI is InChI=1S/C19H17N7O/c1-19(2,12-7-4-3-5-8-12)26-17-13(11-21-26)16-22-15(14-9-6-10-27-14)24-25(16)18(20)23-17/h3-11H,1-2H3,(H2,20,23). The van der Waals surface area contributed by atoms with E-state index in [9.17, 15) is 0 Å². The average Bonchev–Trinajstić information content (AvgIpc) is 3.40. The van der Waals surface area contributed by atoms with Crippen LogP contribution in [0.25, 0.3) is 28.3 Å². The van der Waals surface area contributed by atoms with Crippen molar-refractivity contribution in [2.24, 2.45) is 0 Å². The molecule has 0 spiro atoms. The van der Waals surface area contributed by atoms with Gasteiger partial charge in [-0.3, -0.25) is 0 Å². The molecule has 0 atom stereocenters. The number of benzene rings is 1. The molecule has 0 radical (unpaired) electrons. The molecule has 0 amide bonds. The lowest BCUT2D eigenvalue weighted by Crippen LogP contribution is -2.29. The highest BCUT2D eigenvalue weighted by Gasteiger charge is 2.28. The van der Waals surface area contributed by atoms with Crippen molar-refractivity contribution in [3.63, 3.8) is 0 Å².